The molecular weight excluding hydrogens is 241 g/mol. The van der Waals surface area contributed by atoms with Gasteiger partial charge in [0, 0.05) is 0 Å². The highest BCUT2D eigenvalue weighted by molar-refractivity contribution is 5.37. The van der Waals surface area contributed by atoms with Gasteiger partial charge >= 0.3 is 6.61 Å². The van der Waals surface area contributed by atoms with Gasteiger partial charge in [0.05, 0.1) is 12.2 Å². The Morgan fingerprint density at radius 2 is 1.88 bits per heavy atom. The summed E-state index contributed by atoms with van der Waals surface area (Å²) in [5.41, 5.74) is -0.616. The van der Waals surface area contributed by atoms with Crippen molar-refractivity contribution < 1.29 is 33.2 Å². The van der Waals surface area contributed by atoms with Crippen LogP contribution in [0, 0.1) is 5.82 Å². The van der Waals surface area contributed by atoms with Crippen LogP contribution in [0.25, 0.3) is 0 Å². The van der Waals surface area contributed by atoms with E-state index in [4.69, 9.17) is 10.2 Å². The van der Waals surface area contributed by atoms with Crippen LogP contribution in [0.5, 0.6) is 5.75 Å². The Morgan fingerprint density at radius 1 is 1.24 bits per heavy atom. The number of alkyl halides is 2. The summed E-state index contributed by atoms with van der Waals surface area (Å²) in [6, 6.07) is 3.06. The molecule has 2 unspecified atom stereocenters. The lowest BCUT2D eigenvalue weighted by molar-refractivity contribution is -0.0563. The van der Waals surface area contributed by atoms with Crippen LogP contribution in [-0.4, -0.2) is 34.6 Å². The zero-order chi connectivity index (χ0) is 13.0. The number of halogens is 3. The molecule has 1 aromatic rings. The molecule has 0 amide bonds. The van der Waals surface area contributed by atoms with E-state index in [1.54, 1.807) is 0 Å². The molecule has 96 valence electrons. The Bertz CT molecular complexity index is 373. The van der Waals surface area contributed by atoms with Crippen molar-refractivity contribution in [3.05, 3.63) is 29.6 Å². The number of rotatable bonds is 5. The second-order valence-electron chi connectivity index (χ2n) is 3.22. The fourth-order valence-corrected chi connectivity index (χ4v) is 1.30. The molecule has 0 bridgehead atoms. The van der Waals surface area contributed by atoms with E-state index in [1.165, 1.54) is 0 Å². The summed E-state index contributed by atoms with van der Waals surface area (Å²) in [6.07, 6.45) is -3.54. The Kier molecular flexibility index (Phi) is 4.73. The summed E-state index contributed by atoms with van der Waals surface area (Å²) in [7, 11) is 0. The van der Waals surface area contributed by atoms with Crippen LogP contribution < -0.4 is 4.74 Å². The molecule has 2 atom stereocenters. The van der Waals surface area contributed by atoms with E-state index in [0.717, 1.165) is 18.2 Å². The zero-order valence-electron chi connectivity index (χ0n) is 8.55. The van der Waals surface area contributed by atoms with E-state index in [0.29, 0.717) is 0 Å². The second kappa shape index (κ2) is 5.85. The fourth-order valence-electron chi connectivity index (χ4n) is 1.30. The van der Waals surface area contributed by atoms with Crippen LogP contribution in [0.15, 0.2) is 18.2 Å². The van der Waals surface area contributed by atoms with Gasteiger partial charge in [0.25, 0.3) is 0 Å². The first-order valence-corrected chi connectivity index (χ1v) is 4.67. The average molecular weight is 252 g/mol. The van der Waals surface area contributed by atoms with Gasteiger partial charge in [0.1, 0.15) is 23.8 Å². The first-order valence-electron chi connectivity index (χ1n) is 4.67. The summed E-state index contributed by atoms with van der Waals surface area (Å²) in [6.45, 7) is -4.03. The van der Waals surface area contributed by atoms with E-state index in [1.807, 2.05) is 0 Å². The standard InChI is InChI=1S/C10H11F3O4/c11-5-2-1-3-7(17-10(12)13)8(5)9(16)6(15)4-14/h1-3,6,9-10,14-16H,4H2. The topological polar surface area (TPSA) is 69.9 Å². The van der Waals surface area contributed by atoms with Gasteiger partial charge in [-0.3, -0.25) is 0 Å². The number of benzene rings is 1. The van der Waals surface area contributed by atoms with E-state index in [9.17, 15) is 18.3 Å². The summed E-state index contributed by atoms with van der Waals surface area (Å²) in [5, 5.41) is 27.3. The SMILES string of the molecule is OCC(O)C(O)c1c(F)cccc1OC(F)F. The molecule has 0 saturated carbocycles. The van der Waals surface area contributed by atoms with Gasteiger partial charge in [0.15, 0.2) is 0 Å². The lowest BCUT2D eigenvalue weighted by Crippen LogP contribution is -2.24. The smallest absolute Gasteiger partial charge is 0.387 e. The maximum absolute atomic E-state index is 13.4. The molecule has 17 heavy (non-hydrogen) atoms. The van der Waals surface area contributed by atoms with Crippen molar-refractivity contribution in [3.8, 4) is 5.75 Å². The third kappa shape index (κ3) is 3.32. The molecular formula is C10H11F3O4. The largest absolute Gasteiger partial charge is 0.434 e. The number of hydrogen-bond acceptors (Lipinski definition) is 4. The Balaban J connectivity index is 3.10. The van der Waals surface area contributed by atoms with E-state index >= 15 is 0 Å². The molecule has 0 aliphatic heterocycles. The van der Waals surface area contributed by atoms with E-state index < -0.39 is 42.6 Å². The third-order valence-corrected chi connectivity index (χ3v) is 2.08. The monoisotopic (exact) mass is 252 g/mol. The molecule has 0 heterocycles. The summed E-state index contributed by atoms with van der Waals surface area (Å²) in [4.78, 5) is 0. The fraction of sp³-hybridized carbons (Fsp3) is 0.400. The van der Waals surface area contributed by atoms with Crippen molar-refractivity contribution >= 4 is 0 Å². The van der Waals surface area contributed by atoms with E-state index in [-0.39, 0.29) is 0 Å². The number of hydrogen-bond donors (Lipinski definition) is 3. The number of ether oxygens (including phenoxy) is 1. The van der Waals surface area contributed by atoms with Crippen LogP contribution in [0.4, 0.5) is 13.2 Å². The van der Waals surface area contributed by atoms with Gasteiger partial charge in [-0.1, -0.05) is 6.07 Å². The Labute approximate surface area is 94.9 Å². The normalized spacial score (nSPS) is 14.8. The molecule has 0 aliphatic rings. The Hall–Kier alpha value is -1.31. The minimum atomic E-state index is -3.19. The second-order valence-corrected chi connectivity index (χ2v) is 3.22. The van der Waals surface area contributed by atoms with Gasteiger partial charge in [0.2, 0.25) is 0 Å². The van der Waals surface area contributed by atoms with Crippen molar-refractivity contribution in [1.82, 2.24) is 0 Å². The highest BCUT2D eigenvalue weighted by Gasteiger charge is 2.26. The van der Waals surface area contributed by atoms with Crippen molar-refractivity contribution in [2.75, 3.05) is 6.61 Å². The van der Waals surface area contributed by atoms with Gasteiger partial charge in [-0.25, -0.2) is 4.39 Å². The van der Waals surface area contributed by atoms with Gasteiger partial charge in [-0.15, -0.1) is 0 Å². The maximum atomic E-state index is 13.4. The third-order valence-electron chi connectivity index (χ3n) is 2.08. The summed E-state index contributed by atoms with van der Waals surface area (Å²) in [5.74, 6) is -1.59. The van der Waals surface area contributed by atoms with Crippen LogP contribution in [-0.2, 0) is 0 Å². The highest BCUT2D eigenvalue weighted by Crippen LogP contribution is 2.30. The Morgan fingerprint density at radius 3 is 2.41 bits per heavy atom. The summed E-state index contributed by atoms with van der Waals surface area (Å²) >= 11 is 0. The first kappa shape index (κ1) is 13.8. The first-order chi connectivity index (χ1) is 7.97. The predicted octanol–water partition coefficient (Wildman–Crippen LogP) is 0.814. The van der Waals surface area contributed by atoms with Crippen molar-refractivity contribution in [2.24, 2.45) is 0 Å². The molecule has 1 rings (SSSR count). The minimum absolute atomic E-state index is 0.583. The van der Waals surface area contributed by atoms with Crippen LogP contribution in [0.1, 0.15) is 11.7 Å². The van der Waals surface area contributed by atoms with Gasteiger partial charge < -0.3 is 20.1 Å². The van der Waals surface area contributed by atoms with Crippen LogP contribution in [0.3, 0.4) is 0 Å². The van der Waals surface area contributed by atoms with Crippen molar-refractivity contribution in [3.63, 3.8) is 0 Å². The quantitative estimate of drug-likeness (QED) is 0.725. The summed E-state index contributed by atoms with van der Waals surface area (Å²) < 4.78 is 41.5. The maximum Gasteiger partial charge on any atom is 0.387 e. The molecule has 0 spiro atoms. The average Bonchev–Trinajstić information content (AvgIpc) is 2.26. The molecule has 7 heteroatoms. The molecule has 0 saturated heterocycles. The molecule has 0 radical (unpaired) electrons. The van der Waals surface area contributed by atoms with Gasteiger partial charge in [-0.2, -0.15) is 8.78 Å². The van der Waals surface area contributed by atoms with Crippen molar-refractivity contribution in [2.45, 2.75) is 18.8 Å². The number of aliphatic hydroxyl groups is 3. The van der Waals surface area contributed by atoms with Crippen LogP contribution in [0.2, 0.25) is 0 Å². The number of aliphatic hydroxyl groups excluding tert-OH is 3. The molecule has 0 aliphatic carbocycles. The molecule has 3 N–H and O–H groups in total. The molecule has 0 fully saturated rings. The van der Waals surface area contributed by atoms with Crippen LogP contribution >= 0.6 is 0 Å². The van der Waals surface area contributed by atoms with Crippen molar-refractivity contribution in [1.29, 1.82) is 0 Å². The highest BCUT2D eigenvalue weighted by atomic mass is 19.3. The lowest BCUT2D eigenvalue weighted by Gasteiger charge is -2.19. The molecule has 0 aromatic heterocycles. The predicted molar refractivity (Wildman–Crippen MR) is 51.1 cm³/mol. The zero-order valence-corrected chi connectivity index (χ0v) is 8.55. The van der Waals surface area contributed by atoms with Gasteiger partial charge in [-0.05, 0) is 12.1 Å². The molecule has 1 aromatic carbocycles. The molecule has 4 nitrogen and oxygen atoms in total. The minimum Gasteiger partial charge on any atom is -0.434 e. The lowest BCUT2D eigenvalue weighted by atomic mass is 10.0. The van der Waals surface area contributed by atoms with E-state index in [2.05, 4.69) is 4.74 Å².